The highest BCUT2D eigenvalue weighted by atomic mass is 35.5. The molecule has 2 nitrogen and oxygen atoms in total. The van der Waals surface area contributed by atoms with Gasteiger partial charge in [0.05, 0.1) is 11.0 Å². The zero-order valence-electron chi connectivity index (χ0n) is 7.34. The largest absolute Gasteiger partial charge is 0.380 e. The number of nitrogens with zero attached hydrogens (tertiary/aromatic N) is 2. The Morgan fingerprint density at radius 1 is 1.36 bits per heavy atom. The van der Waals surface area contributed by atoms with Crippen LogP contribution in [0, 0.1) is 0 Å². The lowest BCUT2D eigenvalue weighted by Crippen LogP contribution is -2.11. The van der Waals surface area contributed by atoms with Crippen molar-refractivity contribution in [1.82, 2.24) is 9.55 Å². The summed E-state index contributed by atoms with van der Waals surface area (Å²) in [5.41, 5.74) is 1.16. The number of halogens is 3. The molecule has 1 aromatic heterocycles. The molecule has 74 valence electrons. The van der Waals surface area contributed by atoms with E-state index < -0.39 is 11.2 Å². The third-order valence-corrected chi connectivity index (χ3v) is 2.21. The zero-order chi connectivity index (χ0) is 10.3. The Morgan fingerprint density at radius 3 is 2.57 bits per heavy atom. The molecule has 5 heteroatoms. The molecular weight excluding hydrogens is 210 g/mol. The minimum atomic E-state index is -3.42. The van der Waals surface area contributed by atoms with Crippen LogP contribution in [-0.2, 0) is 12.4 Å². The molecule has 0 radical (unpaired) electrons. The highest BCUT2D eigenvalue weighted by Crippen LogP contribution is 2.32. The summed E-state index contributed by atoms with van der Waals surface area (Å²) in [6.07, 6.45) is 0. The highest BCUT2D eigenvalue weighted by molar-refractivity contribution is 6.21. The smallest absolute Gasteiger partial charge is 0.325 e. The van der Waals surface area contributed by atoms with Crippen LogP contribution < -0.4 is 0 Å². The Labute approximate surface area is 84.1 Å². The lowest BCUT2D eigenvalue weighted by Gasteiger charge is -2.06. The Kier molecular flexibility index (Phi) is 1.96. The number of benzene rings is 1. The Morgan fingerprint density at radius 2 is 2.00 bits per heavy atom. The van der Waals surface area contributed by atoms with E-state index in [-0.39, 0.29) is 0 Å². The van der Waals surface area contributed by atoms with Gasteiger partial charge >= 0.3 is 5.38 Å². The summed E-state index contributed by atoms with van der Waals surface area (Å²) >= 11 is 4.92. The molecule has 0 bridgehead atoms. The van der Waals surface area contributed by atoms with Crippen LogP contribution in [-0.4, -0.2) is 9.55 Å². The molecule has 0 aliphatic rings. The fourth-order valence-electron chi connectivity index (χ4n) is 1.40. The number of hydrogen-bond donors (Lipinski definition) is 0. The molecule has 0 atom stereocenters. The molecule has 1 aromatic carbocycles. The maximum absolute atomic E-state index is 12.8. The van der Waals surface area contributed by atoms with Gasteiger partial charge in [-0.05, 0) is 23.7 Å². The van der Waals surface area contributed by atoms with Gasteiger partial charge in [0.2, 0.25) is 0 Å². The third kappa shape index (κ3) is 1.35. The molecule has 14 heavy (non-hydrogen) atoms. The number of aromatic nitrogens is 2. The van der Waals surface area contributed by atoms with Crippen molar-refractivity contribution in [2.45, 2.75) is 5.38 Å². The van der Waals surface area contributed by atoms with Crippen LogP contribution in [0.5, 0.6) is 0 Å². The van der Waals surface area contributed by atoms with Gasteiger partial charge < -0.3 is 4.57 Å². The quantitative estimate of drug-likeness (QED) is 0.671. The van der Waals surface area contributed by atoms with Crippen LogP contribution in [0.4, 0.5) is 8.78 Å². The summed E-state index contributed by atoms with van der Waals surface area (Å²) < 4.78 is 27.0. The molecule has 0 fully saturated rings. The molecule has 0 N–H and O–H groups in total. The first-order valence-electron chi connectivity index (χ1n) is 3.99. The highest BCUT2D eigenvalue weighted by Gasteiger charge is 2.33. The fourth-order valence-corrected chi connectivity index (χ4v) is 1.57. The van der Waals surface area contributed by atoms with Crippen LogP contribution in [0.2, 0.25) is 0 Å². The zero-order valence-corrected chi connectivity index (χ0v) is 8.09. The summed E-state index contributed by atoms with van der Waals surface area (Å²) in [7, 11) is 1.51. The van der Waals surface area contributed by atoms with E-state index in [4.69, 9.17) is 11.6 Å². The first kappa shape index (κ1) is 9.40. The van der Waals surface area contributed by atoms with Gasteiger partial charge in [-0.3, -0.25) is 0 Å². The second kappa shape index (κ2) is 2.92. The predicted molar refractivity (Wildman–Crippen MR) is 50.5 cm³/mol. The van der Waals surface area contributed by atoms with E-state index in [1.807, 2.05) is 0 Å². The first-order chi connectivity index (χ1) is 6.50. The maximum atomic E-state index is 12.8. The number of fused-ring (bicyclic) bond motifs is 1. The van der Waals surface area contributed by atoms with E-state index in [2.05, 4.69) is 4.98 Å². The molecule has 2 rings (SSSR count). The van der Waals surface area contributed by atoms with Crippen molar-refractivity contribution in [2.24, 2.45) is 7.05 Å². The van der Waals surface area contributed by atoms with Crippen molar-refractivity contribution < 1.29 is 8.78 Å². The van der Waals surface area contributed by atoms with Crippen molar-refractivity contribution >= 4 is 22.6 Å². The average molecular weight is 217 g/mol. The van der Waals surface area contributed by atoms with Crippen molar-refractivity contribution in [3.05, 3.63) is 30.1 Å². The average Bonchev–Trinajstić information content (AvgIpc) is 2.44. The SMILES string of the molecule is Cn1c(C(F)(F)Cl)nc2ccccc21. The molecule has 0 unspecified atom stereocenters. The second-order valence-corrected chi connectivity index (χ2v) is 3.46. The van der Waals surface area contributed by atoms with Gasteiger partial charge in [-0.25, -0.2) is 4.98 Å². The maximum Gasteiger partial charge on any atom is 0.380 e. The Bertz CT molecular complexity index is 473. The molecule has 0 saturated heterocycles. The number of rotatable bonds is 1. The molecule has 0 saturated carbocycles. The van der Waals surface area contributed by atoms with Crippen LogP contribution >= 0.6 is 11.6 Å². The molecule has 1 heterocycles. The van der Waals surface area contributed by atoms with E-state index in [9.17, 15) is 8.78 Å². The number of alkyl halides is 3. The first-order valence-corrected chi connectivity index (χ1v) is 4.36. The molecule has 0 spiro atoms. The van der Waals surface area contributed by atoms with Gasteiger partial charge in [0.15, 0.2) is 5.82 Å². The molecular formula is C9H7ClF2N2. The summed E-state index contributed by atoms with van der Waals surface area (Å²) in [6, 6.07) is 6.89. The second-order valence-electron chi connectivity index (χ2n) is 2.98. The van der Waals surface area contributed by atoms with E-state index in [0.717, 1.165) is 0 Å². The lowest BCUT2D eigenvalue weighted by atomic mass is 10.3. The molecule has 2 aromatic rings. The van der Waals surface area contributed by atoms with Gasteiger partial charge in [-0.2, -0.15) is 8.78 Å². The number of aryl methyl sites for hydroxylation is 1. The van der Waals surface area contributed by atoms with E-state index >= 15 is 0 Å². The van der Waals surface area contributed by atoms with E-state index in [1.165, 1.54) is 11.6 Å². The van der Waals surface area contributed by atoms with Gasteiger partial charge in [-0.15, -0.1) is 0 Å². The standard InChI is InChI=1S/C9H7ClF2N2/c1-14-7-5-3-2-4-6(7)13-8(14)9(10,11)12/h2-5H,1H3. The van der Waals surface area contributed by atoms with Crippen molar-refractivity contribution in [1.29, 1.82) is 0 Å². The minimum absolute atomic E-state index is 0.430. The summed E-state index contributed by atoms with van der Waals surface area (Å²) in [4.78, 5) is 3.76. The number of imidazole rings is 1. The van der Waals surface area contributed by atoms with E-state index in [1.54, 1.807) is 24.3 Å². The van der Waals surface area contributed by atoms with Crippen LogP contribution in [0.1, 0.15) is 5.82 Å². The van der Waals surface area contributed by atoms with Gasteiger partial charge in [0, 0.05) is 7.05 Å². The molecule has 0 aliphatic heterocycles. The van der Waals surface area contributed by atoms with Crippen LogP contribution in [0.3, 0.4) is 0 Å². The minimum Gasteiger partial charge on any atom is -0.325 e. The fraction of sp³-hybridized carbons (Fsp3) is 0.222. The third-order valence-electron chi connectivity index (χ3n) is 2.04. The van der Waals surface area contributed by atoms with Gasteiger partial charge in [-0.1, -0.05) is 12.1 Å². The summed E-state index contributed by atoms with van der Waals surface area (Å²) in [5, 5.41) is -3.42. The molecule has 0 aliphatic carbocycles. The van der Waals surface area contributed by atoms with Crippen molar-refractivity contribution in [3.8, 4) is 0 Å². The Hall–Kier alpha value is -1.16. The van der Waals surface area contributed by atoms with E-state index in [0.29, 0.717) is 11.0 Å². The number of para-hydroxylation sites is 2. The normalized spacial score (nSPS) is 12.3. The summed E-state index contributed by atoms with van der Waals surface area (Å²) in [6.45, 7) is 0. The number of hydrogen-bond acceptors (Lipinski definition) is 1. The van der Waals surface area contributed by atoms with Gasteiger partial charge in [0.1, 0.15) is 0 Å². The topological polar surface area (TPSA) is 17.8 Å². The lowest BCUT2D eigenvalue weighted by molar-refractivity contribution is 0.0818. The Balaban J connectivity index is 2.75. The summed E-state index contributed by atoms with van der Waals surface area (Å²) in [5.74, 6) is -0.430. The van der Waals surface area contributed by atoms with Crippen molar-refractivity contribution in [2.75, 3.05) is 0 Å². The van der Waals surface area contributed by atoms with Crippen LogP contribution in [0.25, 0.3) is 11.0 Å². The molecule has 0 amide bonds. The van der Waals surface area contributed by atoms with Gasteiger partial charge in [0.25, 0.3) is 0 Å². The predicted octanol–water partition coefficient (Wildman–Crippen LogP) is 2.86. The van der Waals surface area contributed by atoms with Crippen LogP contribution in [0.15, 0.2) is 24.3 Å². The monoisotopic (exact) mass is 216 g/mol. The van der Waals surface area contributed by atoms with Crippen molar-refractivity contribution in [3.63, 3.8) is 0 Å².